The van der Waals surface area contributed by atoms with E-state index in [0.717, 1.165) is 10.0 Å². The smallest absolute Gasteiger partial charge is 0.231 e. The van der Waals surface area contributed by atoms with Gasteiger partial charge in [0.25, 0.3) is 0 Å². The van der Waals surface area contributed by atoms with Gasteiger partial charge in [-0.25, -0.2) is 0 Å². The van der Waals surface area contributed by atoms with E-state index in [1.54, 1.807) is 6.92 Å². The summed E-state index contributed by atoms with van der Waals surface area (Å²) in [7, 11) is 0. The van der Waals surface area contributed by atoms with Crippen molar-refractivity contribution in [3.05, 3.63) is 34.3 Å². The van der Waals surface area contributed by atoms with E-state index in [1.807, 2.05) is 24.3 Å². The lowest BCUT2D eigenvalue weighted by Gasteiger charge is -2.14. The number of primary amides is 1. The summed E-state index contributed by atoms with van der Waals surface area (Å²) in [6.07, 6.45) is 0.657. The maximum absolute atomic E-state index is 11.6. The normalized spacial score (nSPS) is 11.5. The first-order chi connectivity index (χ1) is 8.50. The number of benzene rings is 1. The Hall–Kier alpha value is -1.20. The molecule has 0 aliphatic heterocycles. The van der Waals surface area contributed by atoms with Gasteiger partial charge in [-0.15, -0.1) is 0 Å². The quantitative estimate of drug-likeness (QED) is 0.754. The fourth-order valence-electron chi connectivity index (χ4n) is 1.76. The Morgan fingerprint density at radius 1 is 1.32 bits per heavy atom. The van der Waals surface area contributed by atoms with Gasteiger partial charge in [-0.3, -0.25) is 9.59 Å². The second kappa shape index (κ2) is 8.82. The van der Waals surface area contributed by atoms with Crippen LogP contribution in [0.4, 0.5) is 0 Å². The third-order valence-electron chi connectivity index (χ3n) is 2.67. The van der Waals surface area contributed by atoms with Gasteiger partial charge in [0.2, 0.25) is 5.91 Å². The van der Waals surface area contributed by atoms with Crippen LogP contribution in [0.1, 0.15) is 32.3 Å². The highest BCUT2D eigenvalue weighted by Gasteiger charge is 2.16. The summed E-state index contributed by atoms with van der Waals surface area (Å²) in [5, 5.41) is 2.92. The molecule has 0 bridgehead atoms. The second-order valence-corrected chi connectivity index (χ2v) is 5.06. The van der Waals surface area contributed by atoms with Crippen molar-refractivity contribution < 1.29 is 9.59 Å². The van der Waals surface area contributed by atoms with E-state index < -0.39 is 5.91 Å². The zero-order valence-electron chi connectivity index (χ0n) is 10.3. The summed E-state index contributed by atoms with van der Waals surface area (Å²) in [5.74, 6) is -0.408. The van der Waals surface area contributed by atoms with Crippen LogP contribution in [0.15, 0.2) is 28.7 Å². The van der Waals surface area contributed by atoms with Crippen LogP contribution >= 0.6 is 15.9 Å². The average Bonchev–Trinajstić information content (AvgIpc) is 2.30. The van der Waals surface area contributed by atoms with Gasteiger partial charge >= 0.3 is 0 Å². The molecule has 0 radical (unpaired) electrons. The highest BCUT2D eigenvalue weighted by molar-refractivity contribution is 9.10. The van der Waals surface area contributed by atoms with Crippen molar-refractivity contribution in [1.82, 2.24) is 5.32 Å². The average molecular weight is 329 g/mol. The van der Waals surface area contributed by atoms with Crippen molar-refractivity contribution in [2.45, 2.75) is 26.7 Å². The number of ketones is 1. The predicted molar refractivity (Wildman–Crippen MR) is 81.0 cm³/mol. The zero-order valence-corrected chi connectivity index (χ0v) is 11.9. The molecule has 0 saturated carbocycles. The summed E-state index contributed by atoms with van der Waals surface area (Å²) >= 11 is 3.36. The molecule has 1 atom stereocenters. The van der Waals surface area contributed by atoms with Crippen molar-refractivity contribution in [3.8, 4) is 0 Å². The molecule has 3 N–H and O–H groups in total. The maximum atomic E-state index is 11.6. The van der Waals surface area contributed by atoms with Crippen LogP contribution < -0.4 is 11.1 Å². The number of hydrogen-bond acceptors (Lipinski definition) is 3. The third-order valence-corrected chi connectivity index (χ3v) is 3.20. The topological polar surface area (TPSA) is 72.2 Å². The molecule has 0 heterocycles. The van der Waals surface area contributed by atoms with Crippen LogP contribution in [-0.4, -0.2) is 24.8 Å². The standard InChI is InChI=1S/C13H17BrN2O2.CH4/c1-9(17)12(6-7-16-8-13(15)18)10-2-4-11(14)5-3-10;/h2-5,12,16H,6-8H2,1H3,(H2,15,18);1H4. The van der Waals surface area contributed by atoms with Gasteiger partial charge in [0.1, 0.15) is 5.78 Å². The molecule has 0 fully saturated rings. The third kappa shape index (κ3) is 6.50. The minimum atomic E-state index is -0.391. The number of hydrogen-bond donors (Lipinski definition) is 2. The Morgan fingerprint density at radius 2 is 1.89 bits per heavy atom. The van der Waals surface area contributed by atoms with Crippen LogP contribution in [0.2, 0.25) is 0 Å². The van der Waals surface area contributed by atoms with Crippen molar-refractivity contribution in [3.63, 3.8) is 0 Å². The van der Waals surface area contributed by atoms with Crippen molar-refractivity contribution in [1.29, 1.82) is 0 Å². The Kier molecular flexibility index (Phi) is 8.27. The van der Waals surface area contributed by atoms with Crippen molar-refractivity contribution in [2.24, 2.45) is 5.73 Å². The SMILES string of the molecule is C.CC(=O)C(CCNCC(N)=O)c1ccc(Br)cc1. The number of nitrogens with one attached hydrogen (secondary N) is 1. The van der Waals surface area contributed by atoms with E-state index in [4.69, 9.17) is 5.73 Å². The molecule has 0 spiro atoms. The Bertz CT molecular complexity index is 418. The largest absolute Gasteiger partial charge is 0.369 e. The van der Waals surface area contributed by atoms with Crippen LogP contribution in [0.25, 0.3) is 0 Å². The van der Waals surface area contributed by atoms with E-state index in [0.29, 0.717) is 13.0 Å². The van der Waals surface area contributed by atoms with Gasteiger partial charge in [0, 0.05) is 10.4 Å². The minimum Gasteiger partial charge on any atom is -0.369 e. The van der Waals surface area contributed by atoms with Gasteiger partial charge in [-0.2, -0.15) is 0 Å². The molecular formula is C14H21BrN2O2. The lowest BCUT2D eigenvalue weighted by atomic mass is 9.92. The molecule has 1 rings (SSSR count). The highest BCUT2D eigenvalue weighted by Crippen LogP contribution is 2.22. The molecule has 1 unspecified atom stereocenters. The summed E-state index contributed by atoms with van der Waals surface area (Å²) < 4.78 is 0.986. The highest BCUT2D eigenvalue weighted by atomic mass is 79.9. The summed E-state index contributed by atoms with van der Waals surface area (Å²) in [4.78, 5) is 22.2. The number of carbonyl (C=O) groups is 2. The second-order valence-electron chi connectivity index (χ2n) is 4.15. The number of carbonyl (C=O) groups excluding carboxylic acids is 2. The van der Waals surface area contributed by atoms with Gasteiger partial charge in [0.05, 0.1) is 6.54 Å². The molecule has 1 aromatic carbocycles. The first-order valence-corrected chi connectivity index (χ1v) is 6.55. The first-order valence-electron chi connectivity index (χ1n) is 5.75. The number of amides is 1. The minimum absolute atomic E-state index is 0. The van der Waals surface area contributed by atoms with Gasteiger partial charge in [-0.1, -0.05) is 35.5 Å². The molecule has 19 heavy (non-hydrogen) atoms. The summed E-state index contributed by atoms with van der Waals surface area (Å²) in [5.41, 5.74) is 6.02. The molecule has 0 aliphatic rings. The number of Topliss-reactive ketones (excluding diaryl/α,β-unsaturated/α-hetero) is 1. The zero-order chi connectivity index (χ0) is 13.5. The van der Waals surface area contributed by atoms with Crippen LogP contribution in [0, 0.1) is 0 Å². The van der Waals surface area contributed by atoms with Crippen molar-refractivity contribution in [2.75, 3.05) is 13.1 Å². The van der Waals surface area contributed by atoms with E-state index in [9.17, 15) is 9.59 Å². The van der Waals surface area contributed by atoms with Crippen LogP contribution in [-0.2, 0) is 9.59 Å². The fraction of sp³-hybridized carbons (Fsp3) is 0.429. The van der Waals surface area contributed by atoms with Gasteiger partial charge < -0.3 is 11.1 Å². The Morgan fingerprint density at radius 3 is 2.37 bits per heavy atom. The lowest BCUT2D eigenvalue weighted by Crippen LogP contribution is -2.30. The van der Waals surface area contributed by atoms with E-state index in [-0.39, 0.29) is 25.7 Å². The van der Waals surface area contributed by atoms with Crippen molar-refractivity contribution >= 4 is 27.6 Å². The molecule has 106 valence electrons. The van der Waals surface area contributed by atoms with E-state index in [1.165, 1.54) is 0 Å². The molecule has 0 aromatic heterocycles. The number of halogens is 1. The maximum Gasteiger partial charge on any atom is 0.231 e. The Labute approximate surface area is 122 Å². The molecule has 1 amide bonds. The van der Waals surface area contributed by atoms with E-state index >= 15 is 0 Å². The fourth-order valence-corrected chi connectivity index (χ4v) is 2.02. The molecule has 0 aliphatic carbocycles. The molecular weight excluding hydrogens is 308 g/mol. The number of rotatable bonds is 7. The molecule has 1 aromatic rings. The summed E-state index contributed by atoms with van der Waals surface area (Å²) in [6.45, 7) is 2.31. The first kappa shape index (κ1) is 17.8. The molecule has 5 heteroatoms. The Balaban J connectivity index is 0.00000324. The van der Waals surface area contributed by atoms with Gasteiger partial charge in [0.15, 0.2) is 0 Å². The van der Waals surface area contributed by atoms with Gasteiger partial charge in [-0.05, 0) is 37.6 Å². The van der Waals surface area contributed by atoms with E-state index in [2.05, 4.69) is 21.2 Å². The van der Waals surface area contributed by atoms with Crippen LogP contribution in [0.3, 0.4) is 0 Å². The monoisotopic (exact) mass is 328 g/mol. The predicted octanol–water partition coefficient (Wildman–Crippen LogP) is 2.22. The summed E-state index contributed by atoms with van der Waals surface area (Å²) in [6, 6.07) is 7.71. The molecule has 0 saturated heterocycles. The lowest BCUT2D eigenvalue weighted by molar-refractivity contribution is -0.118. The molecule has 4 nitrogen and oxygen atoms in total. The number of nitrogens with two attached hydrogens (primary N) is 1. The van der Waals surface area contributed by atoms with Crippen LogP contribution in [0.5, 0.6) is 0 Å².